The zero-order valence-corrected chi connectivity index (χ0v) is 22.6. The van der Waals surface area contributed by atoms with E-state index >= 15 is 0 Å². The SMILES string of the molecule is O=C(CS(=O)(=O)c1ccc(F)cn1)c1cc(=O)c2cc(-c3cc(Cl)c4ncccc4c3)c(-c3ccccc3)nc2[nH]1. The molecule has 4 aromatic heterocycles. The third-order valence-electron chi connectivity index (χ3n) is 6.47. The van der Waals surface area contributed by atoms with Crippen LogP contribution in [0.3, 0.4) is 0 Å². The first kappa shape index (κ1) is 26.4. The number of sulfone groups is 1. The maximum Gasteiger partial charge on any atom is 0.203 e. The topological polar surface area (TPSA) is 123 Å². The van der Waals surface area contributed by atoms with Crippen molar-refractivity contribution in [2.75, 3.05) is 5.75 Å². The number of Topliss-reactive ketones (excluding diaryl/α,β-unsaturated/α-hetero) is 1. The van der Waals surface area contributed by atoms with Gasteiger partial charge in [0.15, 0.2) is 16.2 Å². The minimum atomic E-state index is -4.19. The van der Waals surface area contributed by atoms with E-state index in [0.717, 1.165) is 35.3 Å². The van der Waals surface area contributed by atoms with Gasteiger partial charge in [-0.05, 0) is 42.0 Å². The Hall–Kier alpha value is -4.80. The van der Waals surface area contributed by atoms with E-state index in [1.54, 1.807) is 24.4 Å². The molecule has 11 heteroatoms. The summed E-state index contributed by atoms with van der Waals surface area (Å²) < 4.78 is 38.6. The van der Waals surface area contributed by atoms with Gasteiger partial charge in [0, 0.05) is 28.8 Å². The fourth-order valence-corrected chi connectivity index (χ4v) is 5.94. The van der Waals surface area contributed by atoms with Gasteiger partial charge < -0.3 is 4.98 Å². The molecular formula is C30H18ClFN4O4S. The first-order valence-electron chi connectivity index (χ1n) is 12.3. The van der Waals surface area contributed by atoms with Gasteiger partial charge in [-0.2, -0.15) is 0 Å². The minimum Gasteiger partial charge on any atom is -0.337 e. The Labute approximate surface area is 237 Å². The molecule has 0 unspecified atom stereocenters. The molecule has 202 valence electrons. The molecule has 2 aromatic carbocycles. The summed E-state index contributed by atoms with van der Waals surface area (Å²) in [5, 5.41) is 0.986. The van der Waals surface area contributed by atoms with Gasteiger partial charge in [0.2, 0.25) is 9.84 Å². The normalized spacial score (nSPS) is 11.7. The second-order valence-corrected chi connectivity index (χ2v) is 11.6. The van der Waals surface area contributed by atoms with E-state index < -0.39 is 37.6 Å². The van der Waals surface area contributed by atoms with Crippen LogP contribution in [0.25, 0.3) is 44.3 Å². The van der Waals surface area contributed by atoms with E-state index in [9.17, 15) is 22.4 Å². The van der Waals surface area contributed by atoms with E-state index in [1.807, 2.05) is 42.5 Å². The van der Waals surface area contributed by atoms with Gasteiger partial charge >= 0.3 is 0 Å². The zero-order valence-electron chi connectivity index (χ0n) is 21.0. The molecule has 0 saturated heterocycles. The van der Waals surface area contributed by atoms with Crippen molar-refractivity contribution in [3.05, 3.63) is 118 Å². The van der Waals surface area contributed by atoms with Crippen molar-refractivity contribution < 1.29 is 17.6 Å². The lowest BCUT2D eigenvalue weighted by atomic mass is 9.96. The predicted octanol–water partition coefficient (Wildman–Crippen LogP) is 5.65. The Morgan fingerprint density at radius 1 is 0.927 bits per heavy atom. The second-order valence-electron chi connectivity index (χ2n) is 9.22. The summed E-state index contributed by atoms with van der Waals surface area (Å²) in [6, 6.07) is 21.2. The molecule has 1 N–H and O–H groups in total. The number of nitrogens with one attached hydrogen (secondary N) is 1. The molecule has 0 amide bonds. The highest BCUT2D eigenvalue weighted by Gasteiger charge is 2.24. The van der Waals surface area contributed by atoms with E-state index in [-0.39, 0.29) is 16.7 Å². The molecule has 6 aromatic rings. The summed E-state index contributed by atoms with van der Waals surface area (Å²) in [7, 11) is -4.19. The molecule has 0 spiro atoms. The lowest BCUT2D eigenvalue weighted by Gasteiger charge is -2.13. The molecule has 6 rings (SSSR count). The highest BCUT2D eigenvalue weighted by Crippen LogP contribution is 2.36. The molecule has 0 bridgehead atoms. The van der Waals surface area contributed by atoms with Gasteiger partial charge in [0.05, 0.1) is 33.5 Å². The van der Waals surface area contributed by atoms with Crippen molar-refractivity contribution in [1.29, 1.82) is 0 Å². The summed E-state index contributed by atoms with van der Waals surface area (Å²) in [6.45, 7) is 0. The van der Waals surface area contributed by atoms with Crippen molar-refractivity contribution in [3.8, 4) is 22.4 Å². The maximum atomic E-state index is 13.2. The van der Waals surface area contributed by atoms with Gasteiger partial charge in [-0.15, -0.1) is 0 Å². The van der Waals surface area contributed by atoms with Crippen LogP contribution in [0.15, 0.2) is 101 Å². The number of aromatic amines is 1. The summed E-state index contributed by atoms with van der Waals surface area (Å²) >= 11 is 6.56. The fourth-order valence-electron chi connectivity index (χ4n) is 4.53. The largest absolute Gasteiger partial charge is 0.337 e. The number of carbonyl (C=O) groups is 1. The fraction of sp³-hybridized carbons (Fsp3) is 0.0333. The predicted molar refractivity (Wildman–Crippen MR) is 154 cm³/mol. The average Bonchev–Trinajstić information content (AvgIpc) is 2.97. The van der Waals surface area contributed by atoms with Gasteiger partial charge in [0.25, 0.3) is 0 Å². The number of hydrogen-bond acceptors (Lipinski definition) is 7. The number of H-pyrrole nitrogens is 1. The molecule has 0 aliphatic carbocycles. The van der Waals surface area contributed by atoms with Crippen LogP contribution >= 0.6 is 11.6 Å². The summed E-state index contributed by atoms with van der Waals surface area (Å²) in [5.41, 5.74) is 2.59. The maximum absolute atomic E-state index is 13.2. The molecule has 41 heavy (non-hydrogen) atoms. The van der Waals surface area contributed by atoms with Crippen molar-refractivity contribution in [3.63, 3.8) is 0 Å². The Kier molecular flexibility index (Phi) is 6.64. The molecule has 0 aliphatic heterocycles. The van der Waals surface area contributed by atoms with E-state index in [1.165, 1.54) is 0 Å². The number of halogens is 2. The Balaban J connectivity index is 1.49. The second kappa shape index (κ2) is 10.3. The van der Waals surface area contributed by atoms with Crippen molar-refractivity contribution >= 4 is 49.2 Å². The molecule has 0 radical (unpaired) electrons. The van der Waals surface area contributed by atoms with Crippen LogP contribution in [0.5, 0.6) is 0 Å². The first-order valence-corrected chi connectivity index (χ1v) is 14.3. The van der Waals surface area contributed by atoms with Crippen LogP contribution in [0.1, 0.15) is 10.5 Å². The highest BCUT2D eigenvalue weighted by atomic mass is 35.5. The van der Waals surface area contributed by atoms with Gasteiger partial charge in [-0.25, -0.2) is 22.8 Å². The molecule has 0 atom stereocenters. The lowest BCUT2D eigenvalue weighted by Crippen LogP contribution is -2.20. The quantitative estimate of drug-likeness (QED) is 0.251. The van der Waals surface area contributed by atoms with Crippen molar-refractivity contribution in [2.24, 2.45) is 0 Å². The smallest absolute Gasteiger partial charge is 0.203 e. The Morgan fingerprint density at radius 3 is 2.49 bits per heavy atom. The summed E-state index contributed by atoms with van der Waals surface area (Å²) in [4.78, 5) is 41.7. The number of rotatable bonds is 6. The van der Waals surface area contributed by atoms with Crippen LogP contribution in [-0.4, -0.2) is 39.9 Å². The number of nitrogens with zero attached hydrogens (tertiary/aromatic N) is 3. The first-order chi connectivity index (χ1) is 19.7. The standard InChI is InChI=1S/C30H18ClFN4O4S/c31-23-12-19(11-18-7-4-10-33-29(18)23)21-13-22-25(37)14-24(35-30(22)36-28(21)17-5-2-1-3-6-17)26(38)16-41(39,40)27-9-8-20(32)15-34-27/h1-15H,16H2,(H,35,36,37). The van der Waals surface area contributed by atoms with Crippen LogP contribution in [0.2, 0.25) is 5.02 Å². The average molecular weight is 585 g/mol. The summed E-state index contributed by atoms with van der Waals surface area (Å²) in [6.07, 6.45) is 2.40. The van der Waals surface area contributed by atoms with Gasteiger partial charge in [0.1, 0.15) is 17.2 Å². The Bertz CT molecular complexity index is 2150. The molecule has 4 heterocycles. The van der Waals surface area contributed by atoms with E-state index in [0.29, 0.717) is 27.4 Å². The number of fused-ring (bicyclic) bond motifs is 2. The van der Waals surface area contributed by atoms with Crippen LogP contribution < -0.4 is 5.43 Å². The van der Waals surface area contributed by atoms with E-state index in [4.69, 9.17) is 16.6 Å². The van der Waals surface area contributed by atoms with Gasteiger partial charge in [-0.3, -0.25) is 14.6 Å². The highest BCUT2D eigenvalue weighted by molar-refractivity contribution is 7.92. The van der Waals surface area contributed by atoms with Crippen molar-refractivity contribution in [2.45, 2.75) is 5.03 Å². The number of carbonyl (C=O) groups excluding carboxylic acids is 1. The van der Waals surface area contributed by atoms with E-state index in [2.05, 4.69) is 15.0 Å². The molecule has 0 saturated carbocycles. The zero-order chi connectivity index (χ0) is 28.7. The van der Waals surface area contributed by atoms with Crippen LogP contribution in [-0.2, 0) is 9.84 Å². The molecule has 0 fully saturated rings. The monoisotopic (exact) mass is 584 g/mol. The van der Waals surface area contributed by atoms with Gasteiger partial charge in [-0.1, -0.05) is 48.0 Å². The summed E-state index contributed by atoms with van der Waals surface area (Å²) in [5.74, 6) is -2.55. The molecular weight excluding hydrogens is 567 g/mol. The Morgan fingerprint density at radius 2 is 1.73 bits per heavy atom. The van der Waals surface area contributed by atoms with Crippen LogP contribution in [0.4, 0.5) is 4.39 Å². The van der Waals surface area contributed by atoms with Crippen molar-refractivity contribution in [1.82, 2.24) is 19.9 Å². The number of hydrogen-bond donors (Lipinski definition) is 1. The third kappa shape index (κ3) is 5.10. The number of aromatic nitrogens is 4. The number of ketones is 1. The third-order valence-corrected chi connectivity index (χ3v) is 8.28. The molecule has 8 nitrogen and oxygen atoms in total. The minimum absolute atomic E-state index is 0.106. The lowest BCUT2D eigenvalue weighted by molar-refractivity contribution is 0.101. The molecule has 0 aliphatic rings. The number of pyridine rings is 4. The number of benzene rings is 2. The van der Waals surface area contributed by atoms with Crippen LogP contribution in [0, 0.1) is 5.82 Å².